The summed E-state index contributed by atoms with van der Waals surface area (Å²) in [5, 5.41) is 13.9. The van der Waals surface area contributed by atoms with E-state index in [2.05, 4.69) is 15.1 Å². The number of para-hydroxylation sites is 1. The number of allylic oxidation sites excluding steroid dienone is 1. The Kier molecular flexibility index (Phi) is 6.95. The predicted octanol–water partition coefficient (Wildman–Crippen LogP) is 2.13. The van der Waals surface area contributed by atoms with Gasteiger partial charge in [0, 0.05) is 19.5 Å². The van der Waals surface area contributed by atoms with E-state index in [0.717, 1.165) is 17.1 Å². The highest BCUT2D eigenvalue weighted by molar-refractivity contribution is 5.76. The maximum atomic E-state index is 12.3. The van der Waals surface area contributed by atoms with Crippen LogP contribution in [-0.2, 0) is 19.1 Å². The molecule has 0 unspecified atom stereocenters. The quantitative estimate of drug-likeness (QED) is 0.492. The molecular formula is C26H33N3O6. The number of rotatable bonds is 4. The summed E-state index contributed by atoms with van der Waals surface area (Å²) in [5.74, 6) is 4.15. The molecule has 1 aromatic rings. The first-order chi connectivity index (χ1) is 16.6. The molecule has 188 valence electrons. The number of fused-ring (bicyclic) bond motifs is 1. The van der Waals surface area contributed by atoms with Crippen LogP contribution in [0.4, 0.5) is 11.4 Å². The summed E-state index contributed by atoms with van der Waals surface area (Å²) >= 11 is 0. The van der Waals surface area contributed by atoms with Gasteiger partial charge in [-0.25, -0.2) is 9.59 Å². The van der Waals surface area contributed by atoms with Crippen molar-refractivity contribution in [2.75, 3.05) is 36.0 Å². The highest BCUT2D eigenvalue weighted by Gasteiger charge is 2.38. The van der Waals surface area contributed by atoms with Gasteiger partial charge in [0.25, 0.3) is 0 Å². The van der Waals surface area contributed by atoms with Gasteiger partial charge in [0.2, 0.25) is 0 Å². The molecule has 0 aliphatic carbocycles. The van der Waals surface area contributed by atoms with Crippen molar-refractivity contribution in [3.05, 3.63) is 29.6 Å². The number of anilines is 2. The molecule has 0 amide bonds. The van der Waals surface area contributed by atoms with Crippen molar-refractivity contribution in [3.63, 3.8) is 0 Å². The molecule has 1 aromatic carbocycles. The first-order valence-corrected chi connectivity index (χ1v) is 12.1. The maximum absolute atomic E-state index is 12.3. The van der Waals surface area contributed by atoms with Gasteiger partial charge >= 0.3 is 5.97 Å². The predicted molar refractivity (Wildman–Crippen MR) is 131 cm³/mol. The van der Waals surface area contributed by atoms with E-state index in [1.807, 2.05) is 50.9 Å². The molecule has 35 heavy (non-hydrogen) atoms. The van der Waals surface area contributed by atoms with Crippen LogP contribution in [0.5, 0.6) is 5.75 Å². The number of hydrogen-bond acceptors (Lipinski definition) is 9. The topological polar surface area (TPSA) is 108 Å². The number of piperidine rings is 2. The van der Waals surface area contributed by atoms with Crippen molar-refractivity contribution in [1.29, 1.82) is 0 Å². The number of aliphatic hydroxyl groups is 1. The molecule has 0 saturated carbocycles. The number of nitrogens with one attached hydrogen (secondary N) is 1. The Labute approximate surface area is 205 Å². The normalized spacial score (nSPS) is 21.8. The Morgan fingerprint density at radius 3 is 2.57 bits per heavy atom. The fourth-order valence-corrected chi connectivity index (χ4v) is 5.03. The van der Waals surface area contributed by atoms with Crippen LogP contribution < -0.4 is 19.9 Å². The molecule has 0 bridgehead atoms. The van der Waals surface area contributed by atoms with E-state index in [0.29, 0.717) is 63.3 Å². The van der Waals surface area contributed by atoms with Crippen LogP contribution in [-0.4, -0.2) is 66.4 Å². The summed E-state index contributed by atoms with van der Waals surface area (Å²) in [6.45, 7) is 7.63. The molecule has 3 heterocycles. The van der Waals surface area contributed by atoms with Crippen LogP contribution in [0.15, 0.2) is 29.6 Å². The Morgan fingerprint density at radius 2 is 1.91 bits per heavy atom. The van der Waals surface area contributed by atoms with Crippen molar-refractivity contribution in [2.24, 2.45) is 0 Å². The van der Waals surface area contributed by atoms with Crippen LogP contribution in [0.1, 0.15) is 52.9 Å². The Bertz CT molecular complexity index is 1070. The smallest absolute Gasteiger partial charge is 0.309 e. The van der Waals surface area contributed by atoms with Gasteiger partial charge in [0.05, 0.1) is 36.0 Å². The first kappa shape index (κ1) is 24.9. The summed E-state index contributed by atoms with van der Waals surface area (Å²) in [7, 11) is 0. The molecule has 0 spiro atoms. The highest BCUT2D eigenvalue weighted by atomic mass is 16.6. The third kappa shape index (κ3) is 5.54. The average molecular weight is 484 g/mol. The number of carbonyl (C=O) groups is 1. The summed E-state index contributed by atoms with van der Waals surface area (Å²) in [6.07, 6.45) is 1.96. The molecule has 1 atom stereocenters. The van der Waals surface area contributed by atoms with Crippen LogP contribution in [0.3, 0.4) is 0 Å². The molecule has 9 nitrogen and oxygen atoms in total. The van der Waals surface area contributed by atoms with E-state index in [-0.39, 0.29) is 12.5 Å². The largest absolute Gasteiger partial charge is 0.487 e. The van der Waals surface area contributed by atoms with E-state index >= 15 is 0 Å². The minimum atomic E-state index is -1.10. The summed E-state index contributed by atoms with van der Waals surface area (Å²) in [6, 6.07) is 5.68. The SMILES string of the molecule is CC(C)(C)OC(=O)CC1(O)CCN(c2cccc3c2OCCN3[C@H]2CCC(=C=O)NC2=C=O)CC1. The van der Waals surface area contributed by atoms with Crippen LogP contribution >= 0.6 is 0 Å². The fraction of sp³-hybridized carbons (Fsp3) is 0.577. The minimum Gasteiger partial charge on any atom is -0.487 e. The standard InChI is InChI=1S/C26H33N3O6/c1-25(2,3)35-23(32)15-26(33)9-11-28(12-10-26)21-5-4-6-22-24(21)34-14-13-29(22)20-8-7-18(16-30)27-19(20)17-31/h4-6,20,27,33H,7-15H2,1-3H3/t20-/m0/s1. The summed E-state index contributed by atoms with van der Waals surface area (Å²) in [4.78, 5) is 39.2. The molecule has 0 aromatic heterocycles. The number of benzene rings is 1. The minimum absolute atomic E-state index is 0.0258. The van der Waals surface area contributed by atoms with Gasteiger partial charge < -0.3 is 29.7 Å². The first-order valence-electron chi connectivity index (χ1n) is 12.1. The molecule has 4 rings (SSSR count). The Hall–Kier alpha value is -3.25. The summed E-state index contributed by atoms with van der Waals surface area (Å²) in [5.41, 5.74) is 0.814. The lowest BCUT2D eigenvalue weighted by atomic mass is 9.88. The zero-order valence-corrected chi connectivity index (χ0v) is 20.6. The van der Waals surface area contributed by atoms with E-state index < -0.39 is 17.2 Å². The monoisotopic (exact) mass is 483 g/mol. The van der Waals surface area contributed by atoms with Gasteiger partial charge in [-0.05, 0) is 52.2 Å². The number of nitrogens with zero attached hydrogens (tertiary/aromatic N) is 2. The molecular weight excluding hydrogens is 450 g/mol. The molecule has 0 radical (unpaired) electrons. The van der Waals surface area contributed by atoms with Crippen molar-refractivity contribution in [1.82, 2.24) is 5.32 Å². The Balaban J connectivity index is 1.49. The van der Waals surface area contributed by atoms with Crippen molar-refractivity contribution < 1.29 is 29.0 Å². The van der Waals surface area contributed by atoms with Crippen LogP contribution in [0.25, 0.3) is 0 Å². The maximum Gasteiger partial charge on any atom is 0.309 e. The molecule has 9 heteroatoms. The van der Waals surface area contributed by atoms with Crippen molar-refractivity contribution in [2.45, 2.75) is 70.1 Å². The van der Waals surface area contributed by atoms with Gasteiger partial charge in [0.15, 0.2) is 5.75 Å². The number of esters is 1. The fourth-order valence-electron chi connectivity index (χ4n) is 5.03. The third-order valence-electron chi connectivity index (χ3n) is 6.69. The van der Waals surface area contributed by atoms with Crippen molar-refractivity contribution in [3.8, 4) is 5.75 Å². The van der Waals surface area contributed by atoms with Crippen LogP contribution in [0.2, 0.25) is 0 Å². The van der Waals surface area contributed by atoms with Gasteiger partial charge in [-0.1, -0.05) is 6.07 Å². The van der Waals surface area contributed by atoms with E-state index in [9.17, 15) is 19.5 Å². The number of carbonyl (C=O) groups excluding carboxylic acids is 3. The van der Waals surface area contributed by atoms with E-state index in [1.165, 1.54) is 0 Å². The lowest BCUT2D eigenvalue weighted by Crippen LogP contribution is -2.48. The molecule has 3 aliphatic heterocycles. The second kappa shape index (κ2) is 9.78. The number of hydrogen-bond donors (Lipinski definition) is 2. The average Bonchev–Trinajstić information content (AvgIpc) is 2.82. The second-order valence-corrected chi connectivity index (χ2v) is 10.4. The Morgan fingerprint density at radius 1 is 1.20 bits per heavy atom. The molecule has 2 saturated heterocycles. The lowest BCUT2D eigenvalue weighted by Gasteiger charge is -2.43. The molecule has 3 aliphatic rings. The van der Waals surface area contributed by atoms with Gasteiger partial charge in [-0.2, -0.15) is 0 Å². The molecule has 2 N–H and O–H groups in total. The third-order valence-corrected chi connectivity index (χ3v) is 6.69. The zero-order chi connectivity index (χ0) is 25.2. The van der Waals surface area contributed by atoms with E-state index in [1.54, 1.807) is 0 Å². The van der Waals surface area contributed by atoms with Crippen molar-refractivity contribution >= 4 is 29.2 Å². The van der Waals surface area contributed by atoms with Gasteiger partial charge in [0.1, 0.15) is 35.5 Å². The van der Waals surface area contributed by atoms with Gasteiger partial charge in [-0.3, -0.25) is 4.79 Å². The highest BCUT2D eigenvalue weighted by Crippen LogP contribution is 2.44. The molecule has 2 fully saturated rings. The summed E-state index contributed by atoms with van der Waals surface area (Å²) < 4.78 is 11.5. The van der Waals surface area contributed by atoms with Gasteiger partial charge in [-0.15, -0.1) is 0 Å². The lowest BCUT2D eigenvalue weighted by molar-refractivity contribution is -0.161. The number of ether oxygens (including phenoxy) is 2. The van der Waals surface area contributed by atoms with Crippen LogP contribution in [0, 0.1) is 0 Å². The second-order valence-electron chi connectivity index (χ2n) is 10.4. The van der Waals surface area contributed by atoms with E-state index in [4.69, 9.17) is 9.47 Å². The zero-order valence-electron chi connectivity index (χ0n) is 20.6.